The van der Waals surface area contributed by atoms with Gasteiger partial charge in [-0.2, -0.15) is 5.26 Å². The van der Waals surface area contributed by atoms with Crippen molar-refractivity contribution >= 4 is 17.5 Å². The van der Waals surface area contributed by atoms with Gasteiger partial charge in [-0.3, -0.25) is 4.79 Å². The third-order valence-electron chi connectivity index (χ3n) is 3.70. The van der Waals surface area contributed by atoms with Gasteiger partial charge in [-0.05, 0) is 48.4 Å². The molecule has 25 heavy (non-hydrogen) atoms. The molecule has 0 fully saturated rings. The number of ether oxygens (including phenoxy) is 1. The van der Waals surface area contributed by atoms with Crippen molar-refractivity contribution in [3.63, 3.8) is 0 Å². The summed E-state index contributed by atoms with van der Waals surface area (Å²) in [7, 11) is 0. The molecule has 0 atom stereocenters. The van der Waals surface area contributed by atoms with E-state index in [9.17, 15) is 4.79 Å². The molecule has 2 rings (SSSR count). The fourth-order valence-corrected chi connectivity index (χ4v) is 2.54. The molecule has 0 aromatic heterocycles. The second kappa shape index (κ2) is 9.71. The minimum Gasteiger partial charge on any atom is -0.493 e. The Morgan fingerprint density at radius 3 is 2.44 bits per heavy atom. The molecule has 0 aliphatic rings. The van der Waals surface area contributed by atoms with Crippen molar-refractivity contribution < 1.29 is 9.53 Å². The smallest absolute Gasteiger partial charge is 0.226 e. The quantitative estimate of drug-likeness (QED) is 0.703. The van der Waals surface area contributed by atoms with Gasteiger partial charge in [0.15, 0.2) is 0 Å². The van der Waals surface area contributed by atoms with Gasteiger partial charge in [0.05, 0.1) is 24.7 Å². The van der Waals surface area contributed by atoms with E-state index in [1.807, 2.05) is 24.0 Å². The van der Waals surface area contributed by atoms with E-state index in [-0.39, 0.29) is 5.91 Å². The maximum absolute atomic E-state index is 12.5. The molecule has 0 unspecified atom stereocenters. The van der Waals surface area contributed by atoms with E-state index in [1.54, 1.807) is 36.4 Å². The molecule has 0 saturated carbocycles. The van der Waals surface area contributed by atoms with Crippen LogP contribution >= 0.6 is 11.6 Å². The summed E-state index contributed by atoms with van der Waals surface area (Å²) >= 11 is 5.83. The van der Waals surface area contributed by atoms with Gasteiger partial charge < -0.3 is 9.64 Å². The van der Waals surface area contributed by atoms with Crippen molar-refractivity contribution in [3.8, 4) is 11.8 Å². The first-order chi connectivity index (χ1) is 12.1. The Morgan fingerprint density at radius 1 is 1.16 bits per heavy atom. The zero-order chi connectivity index (χ0) is 18.1. The van der Waals surface area contributed by atoms with Gasteiger partial charge in [0.25, 0.3) is 0 Å². The van der Waals surface area contributed by atoms with Gasteiger partial charge >= 0.3 is 0 Å². The average molecular weight is 357 g/mol. The standard InChI is InChI=1S/C20H21ClN2O2/c1-2-12-23(15-17-5-3-16(14-22)4-6-17)20(24)11-13-25-19-9-7-18(21)8-10-19/h3-10H,2,11-13,15H2,1H3. The molecule has 0 aliphatic heterocycles. The van der Waals surface area contributed by atoms with Crippen LogP contribution in [0.4, 0.5) is 0 Å². The summed E-state index contributed by atoms with van der Waals surface area (Å²) in [6.45, 7) is 3.61. The van der Waals surface area contributed by atoms with Crippen LogP contribution in [0.5, 0.6) is 5.75 Å². The number of amides is 1. The molecular formula is C20H21ClN2O2. The predicted molar refractivity (Wildman–Crippen MR) is 98.4 cm³/mol. The lowest BCUT2D eigenvalue weighted by Crippen LogP contribution is -2.32. The maximum atomic E-state index is 12.5. The number of nitrogens with zero attached hydrogens (tertiary/aromatic N) is 2. The highest BCUT2D eigenvalue weighted by molar-refractivity contribution is 6.30. The number of rotatable bonds is 8. The van der Waals surface area contributed by atoms with Crippen molar-refractivity contribution in [1.82, 2.24) is 4.90 Å². The highest BCUT2D eigenvalue weighted by Gasteiger charge is 2.13. The van der Waals surface area contributed by atoms with E-state index in [0.717, 1.165) is 12.0 Å². The van der Waals surface area contributed by atoms with E-state index < -0.39 is 0 Å². The van der Waals surface area contributed by atoms with Crippen LogP contribution in [0.25, 0.3) is 0 Å². The second-order valence-corrected chi connectivity index (χ2v) is 6.11. The molecule has 1 amide bonds. The normalized spacial score (nSPS) is 10.1. The van der Waals surface area contributed by atoms with Crippen molar-refractivity contribution in [1.29, 1.82) is 5.26 Å². The van der Waals surface area contributed by atoms with Crippen LogP contribution in [-0.4, -0.2) is 24.0 Å². The molecule has 0 saturated heterocycles. The molecular weight excluding hydrogens is 336 g/mol. The van der Waals surface area contributed by atoms with E-state index in [4.69, 9.17) is 21.6 Å². The number of hydrogen-bond donors (Lipinski definition) is 0. The lowest BCUT2D eigenvalue weighted by molar-refractivity contribution is -0.132. The Kier molecular flexibility index (Phi) is 7.31. The summed E-state index contributed by atoms with van der Waals surface area (Å²) in [4.78, 5) is 14.3. The summed E-state index contributed by atoms with van der Waals surface area (Å²) in [6.07, 6.45) is 1.21. The molecule has 0 aliphatic carbocycles. The number of halogens is 1. The number of benzene rings is 2. The van der Waals surface area contributed by atoms with Gasteiger partial charge in [0, 0.05) is 18.1 Å². The monoisotopic (exact) mass is 356 g/mol. The Balaban J connectivity index is 1.88. The van der Waals surface area contributed by atoms with E-state index >= 15 is 0 Å². The Hall–Kier alpha value is -2.51. The highest BCUT2D eigenvalue weighted by Crippen LogP contribution is 2.16. The summed E-state index contributed by atoms with van der Waals surface area (Å²) in [5.41, 5.74) is 1.63. The minimum absolute atomic E-state index is 0.0557. The third-order valence-corrected chi connectivity index (χ3v) is 3.95. The molecule has 0 bridgehead atoms. The summed E-state index contributed by atoms with van der Waals surface area (Å²) < 4.78 is 5.60. The molecule has 5 heteroatoms. The topological polar surface area (TPSA) is 53.3 Å². The number of hydrogen-bond acceptors (Lipinski definition) is 3. The van der Waals surface area contributed by atoms with Gasteiger partial charge in [-0.1, -0.05) is 30.7 Å². The van der Waals surface area contributed by atoms with Gasteiger partial charge in [-0.15, -0.1) is 0 Å². The SMILES string of the molecule is CCCN(Cc1ccc(C#N)cc1)C(=O)CCOc1ccc(Cl)cc1. The molecule has 0 spiro atoms. The minimum atomic E-state index is 0.0557. The Bertz CT molecular complexity index is 721. The molecule has 130 valence electrons. The fourth-order valence-electron chi connectivity index (χ4n) is 2.41. The first kappa shape index (κ1) is 18.8. The summed E-state index contributed by atoms with van der Waals surface area (Å²) in [5, 5.41) is 9.51. The van der Waals surface area contributed by atoms with Gasteiger partial charge in [0.1, 0.15) is 5.75 Å². The zero-order valence-electron chi connectivity index (χ0n) is 14.2. The van der Waals surface area contributed by atoms with Crippen LogP contribution in [-0.2, 0) is 11.3 Å². The predicted octanol–water partition coefficient (Wildman–Crippen LogP) is 4.42. The fraction of sp³-hybridized carbons (Fsp3) is 0.300. The van der Waals surface area contributed by atoms with Crippen molar-refractivity contribution in [2.24, 2.45) is 0 Å². The summed E-state index contributed by atoms with van der Waals surface area (Å²) in [6, 6.07) is 16.5. The van der Waals surface area contributed by atoms with Crippen molar-refractivity contribution in [2.75, 3.05) is 13.2 Å². The first-order valence-corrected chi connectivity index (χ1v) is 8.65. The third kappa shape index (κ3) is 6.13. The summed E-state index contributed by atoms with van der Waals surface area (Å²) in [5.74, 6) is 0.756. The molecule has 0 heterocycles. The van der Waals surface area contributed by atoms with E-state index in [0.29, 0.717) is 42.5 Å². The van der Waals surface area contributed by atoms with Crippen molar-refractivity contribution in [2.45, 2.75) is 26.3 Å². The Morgan fingerprint density at radius 2 is 1.84 bits per heavy atom. The van der Waals surface area contributed by atoms with Crippen molar-refractivity contribution in [3.05, 3.63) is 64.7 Å². The lowest BCUT2D eigenvalue weighted by Gasteiger charge is -2.22. The molecule has 0 radical (unpaired) electrons. The Labute approximate surface area is 153 Å². The average Bonchev–Trinajstić information content (AvgIpc) is 2.63. The van der Waals surface area contributed by atoms with Gasteiger partial charge in [0.2, 0.25) is 5.91 Å². The number of carbonyl (C=O) groups is 1. The van der Waals surface area contributed by atoms with E-state index in [2.05, 4.69) is 6.07 Å². The molecule has 2 aromatic carbocycles. The van der Waals surface area contributed by atoms with Crippen LogP contribution in [0.1, 0.15) is 30.9 Å². The van der Waals surface area contributed by atoms with Crippen LogP contribution in [0, 0.1) is 11.3 Å². The number of nitriles is 1. The lowest BCUT2D eigenvalue weighted by atomic mass is 10.1. The molecule has 4 nitrogen and oxygen atoms in total. The first-order valence-electron chi connectivity index (χ1n) is 8.27. The largest absolute Gasteiger partial charge is 0.493 e. The van der Waals surface area contributed by atoms with Crippen LogP contribution in [0.15, 0.2) is 48.5 Å². The van der Waals surface area contributed by atoms with Crippen LogP contribution in [0.2, 0.25) is 5.02 Å². The second-order valence-electron chi connectivity index (χ2n) is 5.68. The molecule has 0 N–H and O–H groups in total. The zero-order valence-corrected chi connectivity index (χ0v) is 15.0. The van der Waals surface area contributed by atoms with Crippen LogP contribution < -0.4 is 4.74 Å². The van der Waals surface area contributed by atoms with E-state index in [1.165, 1.54) is 0 Å². The van der Waals surface area contributed by atoms with Gasteiger partial charge in [-0.25, -0.2) is 0 Å². The van der Waals surface area contributed by atoms with Crippen LogP contribution in [0.3, 0.4) is 0 Å². The highest BCUT2D eigenvalue weighted by atomic mass is 35.5. The number of carbonyl (C=O) groups excluding carboxylic acids is 1. The maximum Gasteiger partial charge on any atom is 0.226 e. The molecule has 2 aromatic rings.